The fraction of sp³-hybridized carbons (Fsp3) is 0.700. The molecule has 17 heavy (non-hydrogen) atoms. The molecular weight excluding hydrogens is 255 g/mol. The molecular formula is C10H15ClF3N3. The van der Waals surface area contributed by atoms with Gasteiger partial charge in [0.15, 0.2) is 0 Å². The molecule has 0 aliphatic rings. The molecule has 0 bridgehead atoms. The van der Waals surface area contributed by atoms with Crippen LogP contribution < -0.4 is 5.73 Å². The summed E-state index contributed by atoms with van der Waals surface area (Å²) in [6.07, 6.45) is -5.19. The highest BCUT2D eigenvalue weighted by atomic mass is 35.5. The summed E-state index contributed by atoms with van der Waals surface area (Å²) in [5, 5.41) is 4.53. The van der Waals surface area contributed by atoms with E-state index in [1.165, 1.54) is 0 Å². The summed E-state index contributed by atoms with van der Waals surface area (Å²) in [5.74, 6) is 0. The molecule has 0 radical (unpaired) electrons. The van der Waals surface area contributed by atoms with Gasteiger partial charge in [0.25, 0.3) is 0 Å². The van der Waals surface area contributed by atoms with Gasteiger partial charge < -0.3 is 5.73 Å². The molecule has 0 saturated carbocycles. The largest absolute Gasteiger partial charge is 0.390 e. The second-order valence-corrected chi connectivity index (χ2v) is 4.32. The Bertz CT molecular complexity index is 387. The number of rotatable bonds is 4. The van der Waals surface area contributed by atoms with Crippen molar-refractivity contribution < 1.29 is 13.2 Å². The minimum absolute atomic E-state index is 0.0764. The molecule has 0 spiro atoms. The van der Waals surface area contributed by atoms with Crippen LogP contribution >= 0.6 is 11.6 Å². The van der Waals surface area contributed by atoms with Gasteiger partial charge in [-0.05, 0) is 13.8 Å². The zero-order valence-corrected chi connectivity index (χ0v) is 10.4. The van der Waals surface area contributed by atoms with Crippen molar-refractivity contribution in [1.82, 2.24) is 9.78 Å². The fourth-order valence-electron chi connectivity index (χ4n) is 1.68. The maximum atomic E-state index is 12.2. The van der Waals surface area contributed by atoms with Crippen molar-refractivity contribution in [3.63, 3.8) is 0 Å². The molecule has 3 nitrogen and oxygen atoms in total. The van der Waals surface area contributed by atoms with Crippen LogP contribution in [0.3, 0.4) is 0 Å². The smallest absolute Gasteiger partial charge is 0.327 e. The van der Waals surface area contributed by atoms with E-state index in [0.717, 1.165) is 0 Å². The molecule has 1 heterocycles. The maximum Gasteiger partial charge on any atom is 0.390 e. The van der Waals surface area contributed by atoms with Gasteiger partial charge in [0, 0.05) is 19.0 Å². The van der Waals surface area contributed by atoms with E-state index in [2.05, 4.69) is 5.10 Å². The molecule has 0 amide bonds. The summed E-state index contributed by atoms with van der Waals surface area (Å²) in [4.78, 5) is 0. The predicted octanol–water partition coefficient (Wildman–Crippen LogP) is 2.69. The Morgan fingerprint density at radius 2 is 2.06 bits per heavy atom. The molecule has 1 aromatic heterocycles. The van der Waals surface area contributed by atoms with E-state index in [9.17, 15) is 13.2 Å². The molecule has 0 aromatic carbocycles. The standard InChI is InChI=1S/C10H15ClF3N3/c1-3-17-8(9(11)6(2)16-17)4-7(15)5-10(12,13)14/h7H,3-5,15H2,1-2H3. The van der Waals surface area contributed by atoms with Gasteiger partial charge in [-0.15, -0.1) is 0 Å². The number of aromatic nitrogens is 2. The molecule has 2 N–H and O–H groups in total. The van der Waals surface area contributed by atoms with Crippen molar-refractivity contribution in [2.75, 3.05) is 0 Å². The summed E-state index contributed by atoms with van der Waals surface area (Å²) >= 11 is 5.99. The van der Waals surface area contributed by atoms with Crippen LogP contribution in [-0.2, 0) is 13.0 Å². The number of halogens is 4. The molecule has 1 unspecified atom stereocenters. The van der Waals surface area contributed by atoms with Crippen LogP contribution in [0.5, 0.6) is 0 Å². The summed E-state index contributed by atoms with van der Waals surface area (Å²) in [5.41, 5.74) is 6.66. The number of hydrogen-bond acceptors (Lipinski definition) is 2. The van der Waals surface area contributed by atoms with E-state index in [0.29, 0.717) is 23.0 Å². The number of alkyl halides is 3. The highest BCUT2D eigenvalue weighted by Crippen LogP contribution is 2.25. The van der Waals surface area contributed by atoms with Crippen LogP contribution in [0.1, 0.15) is 24.7 Å². The van der Waals surface area contributed by atoms with Gasteiger partial charge in [-0.2, -0.15) is 18.3 Å². The number of nitrogens with two attached hydrogens (primary N) is 1. The normalized spacial score (nSPS) is 14.1. The van der Waals surface area contributed by atoms with Crippen molar-refractivity contribution in [3.8, 4) is 0 Å². The molecule has 98 valence electrons. The number of nitrogens with zero attached hydrogens (tertiary/aromatic N) is 2. The summed E-state index contributed by atoms with van der Waals surface area (Å²) < 4.78 is 38.1. The zero-order valence-electron chi connectivity index (χ0n) is 9.68. The number of hydrogen-bond donors (Lipinski definition) is 1. The van der Waals surface area contributed by atoms with Gasteiger partial charge in [-0.25, -0.2) is 0 Å². The Morgan fingerprint density at radius 1 is 1.47 bits per heavy atom. The Balaban J connectivity index is 2.80. The van der Waals surface area contributed by atoms with Crippen molar-refractivity contribution in [3.05, 3.63) is 16.4 Å². The van der Waals surface area contributed by atoms with E-state index >= 15 is 0 Å². The van der Waals surface area contributed by atoms with Crippen LogP contribution in [-0.4, -0.2) is 22.0 Å². The first kappa shape index (κ1) is 14.3. The summed E-state index contributed by atoms with van der Waals surface area (Å²) in [7, 11) is 0. The van der Waals surface area contributed by atoms with Crippen LogP contribution in [0.15, 0.2) is 0 Å². The van der Waals surface area contributed by atoms with Crippen LogP contribution in [0.25, 0.3) is 0 Å². The van der Waals surface area contributed by atoms with Crippen LogP contribution in [0.2, 0.25) is 5.02 Å². The number of aryl methyl sites for hydroxylation is 2. The first-order chi connectivity index (χ1) is 7.74. The third kappa shape index (κ3) is 3.89. The van der Waals surface area contributed by atoms with Gasteiger partial charge in [0.2, 0.25) is 0 Å². The first-order valence-corrected chi connectivity index (χ1v) is 5.66. The lowest BCUT2D eigenvalue weighted by molar-refractivity contribution is -0.138. The Labute approximate surface area is 103 Å². The molecule has 0 saturated heterocycles. The lowest BCUT2D eigenvalue weighted by Gasteiger charge is -2.14. The average molecular weight is 270 g/mol. The topological polar surface area (TPSA) is 43.8 Å². The van der Waals surface area contributed by atoms with Crippen molar-refractivity contribution in [1.29, 1.82) is 0 Å². The van der Waals surface area contributed by atoms with Gasteiger partial charge in [0.05, 0.1) is 22.8 Å². The van der Waals surface area contributed by atoms with E-state index in [1.807, 2.05) is 6.92 Å². The van der Waals surface area contributed by atoms with Gasteiger partial charge >= 0.3 is 6.18 Å². The van der Waals surface area contributed by atoms with Crippen molar-refractivity contribution in [2.45, 2.75) is 45.5 Å². The maximum absolute atomic E-state index is 12.2. The molecule has 1 atom stereocenters. The SMILES string of the molecule is CCn1nc(C)c(Cl)c1CC(N)CC(F)(F)F. The van der Waals surface area contributed by atoms with E-state index in [-0.39, 0.29) is 6.42 Å². The second-order valence-electron chi connectivity index (χ2n) is 3.95. The van der Waals surface area contributed by atoms with Crippen molar-refractivity contribution in [2.24, 2.45) is 5.73 Å². The highest BCUT2D eigenvalue weighted by molar-refractivity contribution is 6.31. The lowest BCUT2D eigenvalue weighted by Crippen LogP contribution is -2.30. The molecule has 1 aromatic rings. The van der Waals surface area contributed by atoms with E-state index in [1.54, 1.807) is 11.6 Å². The Hall–Kier alpha value is -0.750. The Morgan fingerprint density at radius 3 is 2.53 bits per heavy atom. The highest BCUT2D eigenvalue weighted by Gasteiger charge is 2.31. The fourth-order valence-corrected chi connectivity index (χ4v) is 1.89. The van der Waals surface area contributed by atoms with E-state index in [4.69, 9.17) is 17.3 Å². The lowest BCUT2D eigenvalue weighted by atomic mass is 10.1. The molecule has 7 heteroatoms. The van der Waals surface area contributed by atoms with Crippen LogP contribution in [0, 0.1) is 6.92 Å². The van der Waals surface area contributed by atoms with E-state index < -0.39 is 18.6 Å². The second kappa shape index (κ2) is 5.27. The zero-order chi connectivity index (χ0) is 13.2. The predicted molar refractivity (Wildman–Crippen MR) is 60.0 cm³/mol. The third-order valence-corrected chi connectivity index (χ3v) is 2.89. The molecule has 0 aliphatic carbocycles. The quantitative estimate of drug-likeness (QED) is 0.913. The monoisotopic (exact) mass is 269 g/mol. The van der Waals surface area contributed by atoms with Gasteiger partial charge in [0.1, 0.15) is 0 Å². The molecule has 0 fully saturated rings. The van der Waals surface area contributed by atoms with Crippen molar-refractivity contribution >= 4 is 11.6 Å². The Kier molecular flexibility index (Phi) is 4.43. The summed E-state index contributed by atoms with van der Waals surface area (Å²) in [6.45, 7) is 4.12. The summed E-state index contributed by atoms with van der Waals surface area (Å²) in [6, 6.07) is -0.992. The first-order valence-electron chi connectivity index (χ1n) is 5.28. The minimum atomic E-state index is -4.25. The van der Waals surface area contributed by atoms with Crippen LogP contribution in [0.4, 0.5) is 13.2 Å². The third-order valence-electron chi connectivity index (χ3n) is 2.40. The minimum Gasteiger partial charge on any atom is -0.327 e. The molecule has 0 aliphatic heterocycles. The van der Waals surface area contributed by atoms with Gasteiger partial charge in [-0.3, -0.25) is 4.68 Å². The molecule has 1 rings (SSSR count). The van der Waals surface area contributed by atoms with Gasteiger partial charge in [-0.1, -0.05) is 11.6 Å². The average Bonchev–Trinajstić information content (AvgIpc) is 2.42.